The van der Waals surface area contributed by atoms with Crippen molar-refractivity contribution in [1.29, 1.82) is 0 Å². The Bertz CT molecular complexity index is 366. The predicted octanol–water partition coefficient (Wildman–Crippen LogP) is 3.58. The number of hydrogen-bond acceptors (Lipinski definition) is 2. The molecule has 2 nitrogen and oxygen atoms in total. The van der Waals surface area contributed by atoms with Crippen molar-refractivity contribution >= 4 is 49.4 Å². The first-order valence-corrected chi connectivity index (χ1v) is 5.72. The predicted molar refractivity (Wildman–Crippen MR) is 62.6 cm³/mol. The van der Waals surface area contributed by atoms with Crippen LogP contribution in [0.5, 0.6) is 0 Å². The van der Waals surface area contributed by atoms with E-state index in [2.05, 4.69) is 36.6 Å². The highest BCUT2D eigenvalue weighted by atomic mass is 79.9. The number of ether oxygens (including phenoxy) is 1. The lowest BCUT2D eigenvalue weighted by molar-refractivity contribution is -0.139. The van der Waals surface area contributed by atoms with Gasteiger partial charge in [0.2, 0.25) is 0 Å². The van der Waals surface area contributed by atoms with E-state index in [1.165, 1.54) is 7.11 Å². The molecule has 1 aromatic carbocycles. The monoisotopic (exact) mass is 340 g/mol. The van der Waals surface area contributed by atoms with E-state index >= 15 is 0 Å². The summed E-state index contributed by atoms with van der Waals surface area (Å²) in [4.78, 5) is 11.1. The number of benzene rings is 1. The van der Waals surface area contributed by atoms with Gasteiger partial charge >= 0.3 is 5.97 Å². The van der Waals surface area contributed by atoms with Gasteiger partial charge in [-0.1, -0.05) is 27.5 Å². The molecule has 0 saturated heterocycles. The maximum absolute atomic E-state index is 11.1. The van der Waals surface area contributed by atoms with Crippen LogP contribution in [0.2, 0.25) is 5.02 Å². The van der Waals surface area contributed by atoms with Crippen LogP contribution in [-0.4, -0.2) is 13.1 Å². The molecule has 14 heavy (non-hydrogen) atoms. The molecule has 0 spiro atoms. The van der Waals surface area contributed by atoms with Gasteiger partial charge in [-0.15, -0.1) is 0 Å². The minimum atomic E-state index is -0.298. The Hall–Kier alpha value is -0.0600. The van der Waals surface area contributed by atoms with E-state index in [9.17, 15) is 4.79 Å². The summed E-state index contributed by atoms with van der Waals surface area (Å²) in [6.07, 6.45) is 0.193. The van der Waals surface area contributed by atoms with Gasteiger partial charge in [-0.3, -0.25) is 4.79 Å². The molecular weight excluding hydrogens is 335 g/mol. The minimum Gasteiger partial charge on any atom is -0.469 e. The molecule has 1 rings (SSSR count). The Kier molecular flexibility index (Phi) is 4.41. The Morgan fingerprint density at radius 2 is 2.14 bits per heavy atom. The van der Waals surface area contributed by atoms with E-state index in [1.54, 1.807) is 12.1 Å². The third-order valence-corrected chi connectivity index (χ3v) is 3.88. The molecule has 0 amide bonds. The van der Waals surface area contributed by atoms with Crippen molar-refractivity contribution in [3.05, 3.63) is 31.7 Å². The second-order valence-electron chi connectivity index (χ2n) is 2.57. The summed E-state index contributed by atoms with van der Waals surface area (Å²) in [6, 6.07) is 3.54. The summed E-state index contributed by atoms with van der Waals surface area (Å²) in [6.45, 7) is 0. The number of hydrogen-bond donors (Lipinski definition) is 0. The number of carbonyl (C=O) groups is 1. The first-order valence-electron chi connectivity index (χ1n) is 3.75. The molecule has 0 bridgehead atoms. The molecule has 0 fully saturated rings. The average molecular weight is 342 g/mol. The van der Waals surface area contributed by atoms with E-state index in [0.717, 1.165) is 14.5 Å². The quantitative estimate of drug-likeness (QED) is 0.607. The van der Waals surface area contributed by atoms with Gasteiger partial charge < -0.3 is 4.74 Å². The van der Waals surface area contributed by atoms with Gasteiger partial charge in [0.1, 0.15) is 0 Å². The lowest BCUT2D eigenvalue weighted by Gasteiger charge is -2.07. The maximum atomic E-state index is 11.1. The number of carbonyl (C=O) groups excluding carboxylic acids is 1. The van der Waals surface area contributed by atoms with Crippen LogP contribution in [0, 0.1) is 0 Å². The largest absolute Gasteiger partial charge is 0.469 e. The summed E-state index contributed by atoms with van der Waals surface area (Å²) in [5.41, 5.74) is 0.796. The molecule has 0 unspecified atom stereocenters. The van der Waals surface area contributed by atoms with Crippen LogP contribution in [0.25, 0.3) is 0 Å². The third kappa shape index (κ3) is 2.72. The second kappa shape index (κ2) is 5.14. The molecule has 0 aliphatic heterocycles. The zero-order chi connectivity index (χ0) is 10.7. The SMILES string of the molecule is COC(=O)Cc1c(Br)ccc(Cl)c1Br. The zero-order valence-electron chi connectivity index (χ0n) is 7.31. The molecular formula is C9H7Br2ClO2. The number of esters is 1. The molecule has 0 aliphatic rings. The Morgan fingerprint density at radius 1 is 1.50 bits per heavy atom. The molecule has 1 aromatic rings. The van der Waals surface area contributed by atoms with Crippen molar-refractivity contribution in [3.63, 3.8) is 0 Å². The van der Waals surface area contributed by atoms with E-state index in [-0.39, 0.29) is 12.4 Å². The number of methoxy groups -OCH3 is 1. The highest BCUT2D eigenvalue weighted by Crippen LogP contribution is 2.32. The van der Waals surface area contributed by atoms with Crippen molar-refractivity contribution in [2.45, 2.75) is 6.42 Å². The summed E-state index contributed by atoms with van der Waals surface area (Å²) in [5.74, 6) is -0.298. The molecule has 5 heteroatoms. The van der Waals surface area contributed by atoms with E-state index in [0.29, 0.717) is 5.02 Å². The fourth-order valence-electron chi connectivity index (χ4n) is 0.948. The lowest BCUT2D eigenvalue weighted by Crippen LogP contribution is -2.05. The smallest absolute Gasteiger partial charge is 0.310 e. The topological polar surface area (TPSA) is 26.3 Å². The van der Waals surface area contributed by atoms with E-state index in [1.807, 2.05) is 0 Å². The Balaban J connectivity index is 3.06. The van der Waals surface area contributed by atoms with Crippen LogP contribution in [0.15, 0.2) is 21.1 Å². The van der Waals surface area contributed by atoms with Crippen LogP contribution in [0.3, 0.4) is 0 Å². The lowest BCUT2D eigenvalue weighted by atomic mass is 10.1. The first kappa shape index (κ1) is 12.0. The molecule has 0 N–H and O–H groups in total. The van der Waals surface area contributed by atoms with E-state index in [4.69, 9.17) is 11.6 Å². The van der Waals surface area contributed by atoms with Gasteiger partial charge in [0, 0.05) is 8.95 Å². The Morgan fingerprint density at radius 3 is 2.71 bits per heavy atom. The highest BCUT2D eigenvalue weighted by molar-refractivity contribution is 9.11. The molecule has 0 atom stereocenters. The van der Waals surface area contributed by atoms with Crippen molar-refractivity contribution in [3.8, 4) is 0 Å². The van der Waals surface area contributed by atoms with Crippen molar-refractivity contribution in [2.75, 3.05) is 7.11 Å². The molecule has 0 aliphatic carbocycles. The van der Waals surface area contributed by atoms with Gasteiger partial charge in [-0.05, 0) is 33.6 Å². The maximum Gasteiger partial charge on any atom is 0.310 e. The summed E-state index contributed by atoms with van der Waals surface area (Å²) < 4.78 is 6.13. The number of halogens is 3. The van der Waals surface area contributed by atoms with Crippen LogP contribution < -0.4 is 0 Å². The van der Waals surface area contributed by atoms with Crippen LogP contribution in [0.4, 0.5) is 0 Å². The molecule has 0 saturated carbocycles. The van der Waals surface area contributed by atoms with Crippen LogP contribution >= 0.6 is 43.5 Å². The summed E-state index contributed by atoms with van der Waals surface area (Å²) in [5, 5.41) is 0.576. The van der Waals surface area contributed by atoms with Crippen molar-refractivity contribution < 1.29 is 9.53 Å². The molecule has 0 heterocycles. The summed E-state index contributed by atoms with van der Waals surface area (Å²) >= 11 is 12.6. The number of rotatable bonds is 2. The van der Waals surface area contributed by atoms with Crippen LogP contribution in [0.1, 0.15) is 5.56 Å². The van der Waals surface area contributed by atoms with Gasteiger partial charge in [-0.2, -0.15) is 0 Å². The van der Waals surface area contributed by atoms with Gasteiger partial charge in [0.25, 0.3) is 0 Å². The fourth-order valence-corrected chi connectivity index (χ4v) is 2.35. The average Bonchev–Trinajstić information content (AvgIpc) is 2.18. The normalized spacial score (nSPS) is 10.0. The molecule has 0 radical (unpaired) electrons. The van der Waals surface area contributed by atoms with Gasteiger partial charge in [0.05, 0.1) is 18.6 Å². The standard InChI is InChI=1S/C9H7Br2ClO2/c1-14-8(13)4-5-6(10)2-3-7(12)9(5)11/h2-3H,4H2,1H3. The van der Waals surface area contributed by atoms with Crippen LogP contribution in [-0.2, 0) is 16.0 Å². The fraction of sp³-hybridized carbons (Fsp3) is 0.222. The van der Waals surface area contributed by atoms with Crippen molar-refractivity contribution in [2.24, 2.45) is 0 Å². The minimum absolute atomic E-state index is 0.193. The Labute approximate surface area is 104 Å². The summed E-state index contributed by atoms with van der Waals surface area (Å²) in [7, 11) is 1.36. The van der Waals surface area contributed by atoms with Gasteiger partial charge in [-0.25, -0.2) is 0 Å². The van der Waals surface area contributed by atoms with Crippen molar-refractivity contribution in [1.82, 2.24) is 0 Å². The second-order valence-corrected chi connectivity index (χ2v) is 4.63. The van der Waals surface area contributed by atoms with Gasteiger partial charge in [0.15, 0.2) is 0 Å². The zero-order valence-corrected chi connectivity index (χ0v) is 11.2. The van der Waals surface area contributed by atoms with E-state index < -0.39 is 0 Å². The third-order valence-electron chi connectivity index (χ3n) is 1.69. The highest BCUT2D eigenvalue weighted by Gasteiger charge is 2.12. The first-order chi connectivity index (χ1) is 6.56. The molecule has 76 valence electrons. The molecule has 0 aromatic heterocycles.